The highest BCUT2D eigenvalue weighted by atomic mass is 16.5. The van der Waals surface area contributed by atoms with Gasteiger partial charge in [0.2, 0.25) is 5.88 Å². The number of pyridine rings is 1. The van der Waals surface area contributed by atoms with Crippen LogP contribution in [0.4, 0.5) is 5.69 Å². The molecule has 1 fully saturated rings. The van der Waals surface area contributed by atoms with E-state index in [4.69, 9.17) is 4.74 Å². The summed E-state index contributed by atoms with van der Waals surface area (Å²) in [5, 5.41) is 9.38. The number of carboxylic acids is 1. The third-order valence-corrected chi connectivity index (χ3v) is 4.94. The largest absolute Gasteiger partial charge is 0.480 e. The van der Waals surface area contributed by atoms with Crippen LogP contribution in [-0.2, 0) is 6.54 Å². The van der Waals surface area contributed by atoms with Gasteiger partial charge in [-0.3, -0.25) is 4.90 Å². The first-order chi connectivity index (χ1) is 12.5. The molecule has 2 aromatic rings. The number of piperazine rings is 1. The number of carboxylic acid groups (broad SMARTS) is 1. The summed E-state index contributed by atoms with van der Waals surface area (Å²) in [6, 6.07) is 12.8. The summed E-state index contributed by atoms with van der Waals surface area (Å²) in [5.74, 6) is -0.884. The van der Waals surface area contributed by atoms with Gasteiger partial charge in [-0.2, -0.15) is 0 Å². The van der Waals surface area contributed by atoms with E-state index in [1.165, 1.54) is 12.7 Å². The molecule has 0 spiro atoms. The summed E-state index contributed by atoms with van der Waals surface area (Å²) in [5.41, 5.74) is 2.22. The number of methoxy groups -OCH3 is 1. The molecule has 6 heteroatoms. The SMILES string of the molecule is COc1ncc(N2CC(C)N(Cc3ccccc3)C(C)C2)cc1C(=O)O. The monoisotopic (exact) mass is 355 g/mol. The molecule has 1 aliphatic rings. The van der Waals surface area contributed by atoms with Crippen LogP contribution in [0.25, 0.3) is 0 Å². The van der Waals surface area contributed by atoms with Crippen molar-refractivity contribution in [3.63, 3.8) is 0 Å². The highest BCUT2D eigenvalue weighted by Crippen LogP contribution is 2.27. The minimum absolute atomic E-state index is 0.0945. The summed E-state index contributed by atoms with van der Waals surface area (Å²) in [6.45, 7) is 6.98. The van der Waals surface area contributed by atoms with E-state index in [1.807, 2.05) is 6.07 Å². The number of carbonyl (C=O) groups is 1. The maximum Gasteiger partial charge on any atom is 0.341 e. The van der Waals surface area contributed by atoms with E-state index in [0.717, 1.165) is 25.3 Å². The minimum Gasteiger partial charge on any atom is -0.480 e. The quantitative estimate of drug-likeness (QED) is 0.890. The van der Waals surface area contributed by atoms with Gasteiger partial charge in [0, 0.05) is 31.7 Å². The van der Waals surface area contributed by atoms with E-state index in [-0.39, 0.29) is 11.4 Å². The Labute approximate surface area is 154 Å². The lowest BCUT2D eigenvalue weighted by Gasteiger charge is -2.45. The molecule has 3 rings (SSSR count). The van der Waals surface area contributed by atoms with Crippen LogP contribution in [0.15, 0.2) is 42.6 Å². The summed E-state index contributed by atoms with van der Waals surface area (Å²) < 4.78 is 5.06. The first kappa shape index (κ1) is 18.2. The Morgan fingerprint density at radius 2 is 1.88 bits per heavy atom. The summed E-state index contributed by atoms with van der Waals surface area (Å²) in [6.07, 6.45) is 1.69. The molecule has 26 heavy (non-hydrogen) atoms. The number of aromatic nitrogens is 1. The van der Waals surface area contributed by atoms with Gasteiger partial charge in [0.1, 0.15) is 5.56 Å². The summed E-state index contributed by atoms with van der Waals surface area (Å²) >= 11 is 0. The number of rotatable bonds is 5. The third kappa shape index (κ3) is 3.80. The molecule has 1 aromatic carbocycles. The number of hydrogen-bond acceptors (Lipinski definition) is 5. The lowest BCUT2D eigenvalue weighted by atomic mass is 10.1. The smallest absolute Gasteiger partial charge is 0.341 e. The van der Waals surface area contributed by atoms with Gasteiger partial charge in [-0.15, -0.1) is 0 Å². The summed E-state index contributed by atoms with van der Waals surface area (Å²) in [4.78, 5) is 20.3. The van der Waals surface area contributed by atoms with Crippen LogP contribution in [-0.4, -0.2) is 53.2 Å². The number of hydrogen-bond donors (Lipinski definition) is 1. The number of nitrogens with zero attached hydrogens (tertiary/aromatic N) is 3. The third-order valence-electron chi connectivity index (χ3n) is 4.94. The van der Waals surface area contributed by atoms with Crippen LogP contribution < -0.4 is 9.64 Å². The molecule has 1 aliphatic heterocycles. The molecule has 1 aromatic heterocycles. The van der Waals surface area contributed by atoms with E-state index in [1.54, 1.807) is 12.3 Å². The Bertz CT molecular complexity index is 754. The molecule has 6 nitrogen and oxygen atoms in total. The Hall–Kier alpha value is -2.60. The Morgan fingerprint density at radius 3 is 2.46 bits per heavy atom. The van der Waals surface area contributed by atoms with Crippen LogP contribution in [0.2, 0.25) is 0 Å². The second kappa shape index (κ2) is 7.74. The van der Waals surface area contributed by atoms with Gasteiger partial charge < -0.3 is 14.7 Å². The molecule has 138 valence electrons. The Kier molecular flexibility index (Phi) is 5.42. The van der Waals surface area contributed by atoms with Gasteiger partial charge in [0.25, 0.3) is 0 Å². The molecule has 2 atom stereocenters. The molecule has 2 heterocycles. The lowest BCUT2D eigenvalue weighted by Crippen LogP contribution is -2.56. The van der Waals surface area contributed by atoms with Gasteiger partial charge >= 0.3 is 5.97 Å². The number of ether oxygens (including phenoxy) is 1. The van der Waals surface area contributed by atoms with Crippen LogP contribution in [0, 0.1) is 0 Å². The molecule has 0 radical (unpaired) electrons. The van der Waals surface area contributed by atoms with Gasteiger partial charge in [-0.25, -0.2) is 9.78 Å². The average molecular weight is 355 g/mol. The van der Waals surface area contributed by atoms with Crippen molar-refractivity contribution in [2.45, 2.75) is 32.5 Å². The molecule has 0 bridgehead atoms. The lowest BCUT2D eigenvalue weighted by molar-refractivity contribution is 0.0692. The number of aromatic carboxylic acids is 1. The zero-order valence-electron chi connectivity index (χ0n) is 15.4. The highest BCUT2D eigenvalue weighted by Gasteiger charge is 2.30. The summed E-state index contributed by atoms with van der Waals surface area (Å²) in [7, 11) is 1.43. The standard InChI is InChI=1S/C20H25N3O3/c1-14-11-22(17-9-18(20(24)25)19(26-3)21-10-17)12-15(2)23(14)13-16-7-5-4-6-8-16/h4-10,14-15H,11-13H2,1-3H3,(H,24,25). The number of anilines is 1. The fraction of sp³-hybridized carbons (Fsp3) is 0.400. The van der Waals surface area contributed by atoms with Gasteiger partial charge in [0.15, 0.2) is 0 Å². The highest BCUT2D eigenvalue weighted by molar-refractivity contribution is 5.91. The first-order valence-corrected chi connectivity index (χ1v) is 8.81. The normalized spacial score (nSPS) is 20.8. The topological polar surface area (TPSA) is 65.9 Å². The first-order valence-electron chi connectivity index (χ1n) is 8.81. The second-order valence-corrected chi connectivity index (χ2v) is 6.82. The molecule has 1 saturated heterocycles. The predicted octanol–water partition coefficient (Wildman–Crippen LogP) is 2.89. The number of benzene rings is 1. The zero-order valence-corrected chi connectivity index (χ0v) is 15.4. The van der Waals surface area contributed by atoms with Crippen molar-refractivity contribution in [2.24, 2.45) is 0 Å². The molecular weight excluding hydrogens is 330 g/mol. The molecular formula is C20H25N3O3. The van der Waals surface area contributed by atoms with Crippen molar-refractivity contribution in [3.05, 3.63) is 53.7 Å². The molecule has 0 saturated carbocycles. The van der Waals surface area contributed by atoms with E-state index in [0.29, 0.717) is 12.1 Å². The molecule has 0 aliphatic carbocycles. The maximum atomic E-state index is 11.5. The fourth-order valence-electron chi connectivity index (χ4n) is 3.60. The van der Waals surface area contributed by atoms with Crippen molar-refractivity contribution in [3.8, 4) is 5.88 Å². The van der Waals surface area contributed by atoms with Crippen molar-refractivity contribution in [1.29, 1.82) is 0 Å². The van der Waals surface area contributed by atoms with E-state index < -0.39 is 5.97 Å². The predicted molar refractivity (Wildman–Crippen MR) is 101 cm³/mol. The van der Waals surface area contributed by atoms with Crippen LogP contribution in [0.1, 0.15) is 29.8 Å². The van der Waals surface area contributed by atoms with Crippen molar-refractivity contribution < 1.29 is 14.6 Å². The van der Waals surface area contributed by atoms with E-state index >= 15 is 0 Å². The molecule has 2 unspecified atom stereocenters. The Morgan fingerprint density at radius 1 is 1.23 bits per heavy atom. The van der Waals surface area contributed by atoms with Crippen molar-refractivity contribution in [1.82, 2.24) is 9.88 Å². The van der Waals surface area contributed by atoms with Crippen molar-refractivity contribution >= 4 is 11.7 Å². The molecule has 0 amide bonds. The van der Waals surface area contributed by atoms with Crippen LogP contribution in [0.5, 0.6) is 5.88 Å². The molecule has 1 N–H and O–H groups in total. The second-order valence-electron chi connectivity index (χ2n) is 6.82. The maximum absolute atomic E-state index is 11.5. The zero-order chi connectivity index (χ0) is 18.7. The van der Waals surface area contributed by atoms with Gasteiger partial charge in [-0.1, -0.05) is 30.3 Å². The van der Waals surface area contributed by atoms with Gasteiger partial charge in [-0.05, 0) is 25.5 Å². The van der Waals surface area contributed by atoms with E-state index in [9.17, 15) is 9.90 Å². The van der Waals surface area contributed by atoms with E-state index in [2.05, 4.69) is 52.9 Å². The van der Waals surface area contributed by atoms with Crippen LogP contribution in [0.3, 0.4) is 0 Å². The average Bonchev–Trinajstić information content (AvgIpc) is 2.64. The van der Waals surface area contributed by atoms with Gasteiger partial charge in [0.05, 0.1) is 19.0 Å². The van der Waals surface area contributed by atoms with Crippen molar-refractivity contribution in [2.75, 3.05) is 25.1 Å². The Balaban J connectivity index is 1.77. The minimum atomic E-state index is -1.03. The van der Waals surface area contributed by atoms with Crippen LogP contribution >= 0.6 is 0 Å². The fourth-order valence-corrected chi connectivity index (χ4v) is 3.60.